The zero-order chi connectivity index (χ0) is 15.0. The molecule has 0 fully saturated rings. The molecule has 6 nitrogen and oxygen atoms in total. The van der Waals surface area contributed by atoms with E-state index in [2.05, 4.69) is 15.2 Å². The van der Waals surface area contributed by atoms with Crippen LogP contribution in [0.2, 0.25) is 0 Å². The van der Waals surface area contributed by atoms with Crippen LogP contribution in [0.3, 0.4) is 0 Å². The van der Waals surface area contributed by atoms with E-state index in [4.69, 9.17) is 0 Å². The summed E-state index contributed by atoms with van der Waals surface area (Å²) in [6.07, 6.45) is 3.77. The van der Waals surface area contributed by atoms with Crippen molar-refractivity contribution < 1.29 is 4.92 Å². The van der Waals surface area contributed by atoms with Crippen molar-refractivity contribution in [2.75, 3.05) is 0 Å². The summed E-state index contributed by atoms with van der Waals surface area (Å²) in [7, 11) is 0. The number of hydrogen-bond acceptors (Lipinski definition) is 5. The number of benzene rings is 1. The SMILES string of the molecule is Cc1cc2[nH]nc(C=Cc3scnc3C)c2cc1[N+](=O)[O-]. The maximum absolute atomic E-state index is 11.0. The van der Waals surface area contributed by atoms with Crippen LogP contribution in [0, 0.1) is 24.0 Å². The molecule has 21 heavy (non-hydrogen) atoms. The van der Waals surface area contributed by atoms with Crippen LogP contribution in [0.1, 0.15) is 21.8 Å². The van der Waals surface area contributed by atoms with Crippen LogP contribution < -0.4 is 0 Å². The fourth-order valence-electron chi connectivity index (χ4n) is 2.13. The van der Waals surface area contributed by atoms with Gasteiger partial charge in [-0.05, 0) is 32.1 Å². The first-order valence-corrected chi connectivity index (χ1v) is 7.15. The quantitative estimate of drug-likeness (QED) is 0.590. The van der Waals surface area contributed by atoms with Crippen LogP contribution >= 0.6 is 11.3 Å². The van der Waals surface area contributed by atoms with Gasteiger partial charge in [-0.25, -0.2) is 4.98 Å². The average molecular weight is 300 g/mol. The Morgan fingerprint density at radius 3 is 2.81 bits per heavy atom. The number of hydrogen-bond donors (Lipinski definition) is 1. The van der Waals surface area contributed by atoms with E-state index >= 15 is 0 Å². The summed E-state index contributed by atoms with van der Waals surface area (Å²) in [6, 6.07) is 3.31. The van der Waals surface area contributed by atoms with Gasteiger partial charge in [0, 0.05) is 21.9 Å². The maximum Gasteiger partial charge on any atom is 0.273 e. The zero-order valence-electron chi connectivity index (χ0n) is 11.5. The summed E-state index contributed by atoms with van der Waals surface area (Å²) < 4.78 is 0. The number of aryl methyl sites for hydroxylation is 2. The molecule has 0 atom stereocenters. The summed E-state index contributed by atoms with van der Waals surface area (Å²) in [6.45, 7) is 3.65. The number of aromatic nitrogens is 3. The Balaban J connectivity index is 2.07. The molecule has 0 aliphatic carbocycles. The highest BCUT2D eigenvalue weighted by molar-refractivity contribution is 7.10. The molecule has 0 aliphatic heterocycles. The number of H-pyrrole nitrogens is 1. The van der Waals surface area contributed by atoms with Gasteiger partial charge in [-0.1, -0.05) is 0 Å². The molecule has 0 unspecified atom stereocenters. The highest BCUT2D eigenvalue weighted by atomic mass is 32.1. The Labute approximate surface area is 124 Å². The van der Waals surface area contributed by atoms with E-state index in [1.54, 1.807) is 35.9 Å². The maximum atomic E-state index is 11.0. The molecule has 3 rings (SSSR count). The molecule has 2 aromatic heterocycles. The molecular weight excluding hydrogens is 288 g/mol. The van der Waals surface area contributed by atoms with Crippen molar-refractivity contribution >= 4 is 40.1 Å². The van der Waals surface area contributed by atoms with Gasteiger partial charge in [0.1, 0.15) is 0 Å². The van der Waals surface area contributed by atoms with Gasteiger partial charge >= 0.3 is 0 Å². The molecule has 1 aromatic carbocycles. The monoisotopic (exact) mass is 300 g/mol. The van der Waals surface area contributed by atoms with Crippen molar-refractivity contribution in [1.82, 2.24) is 15.2 Å². The summed E-state index contributed by atoms with van der Waals surface area (Å²) in [5.41, 5.74) is 4.93. The lowest BCUT2D eigenvalue weighted by Crippen LogP contribution is -1.91. The molecule has 0 spiro atoms. The molecule has 106 valence electrons. The Morgan fingerprint density at radius 1 is 1.33 bits per heavy atom. The molecule has 0 saturated heterocycles. The van der Waals surface area contributed by atoms with Crippen LogP contribution in [0.4, 0.5) is 5.69 Å². The molecule has 0 aliphatic rings. The number of thiazole rings is 1. The summed E-state index contributed by atoms with van der Waals surface area (Å²) in [5, 5.41) is 18.9. The van der Waals surface area contributed by atoms with Crippen LogP contribution in [0.15, 0.2) is 17.6 Å². The molecule has 2 heterocycles. The Kier molecular flexibility index (Phi) is 3.26. The smallest absolute Gasteiger partial charge is 0.273 e. The predicted octanol–water partition coefficient (Wildman–Crippen LogP) is 3.71. The van der Waals surface area contributed by atoms with E-state index in [1.165, 1.54) is 0 Å². The van der Waals surface area contributed by atoms with E-state index in [-0.39, 0.29) is 10.6 Å². The lowest BCUT2D eigenvalue weighted by molar-refractivity contribution is -0.385. The third-order valence-corrected chi connectivity index (χ3v) is 4.18. The number of aromatic amines is 1. The minimum atomic E-state index is -0.372. The van der Waals surface area contributed by atoms with E-state index in [1.807, 2.05) is 19.1 Å². The van der Waals surface area contributed by atoms with E-state index in [0.29, 0.717) is 11.3 Å². The van der Waals surface area contributed by atoms with Crippen molar-refractivity contribution in [2.45, 2.75) is 13.8 Å². The molecule has 3 aromatic rings. The molecule has 0 radical (unpaired) electrons. The Hall–Kier alpha value is -2.54. The minimum Gasteiger partial charge on any atom is -0.277 e. The standard InChI is InChI=1S/C14H12N4O2S/c1-8-5-12-10(6-13(8)18(19)20)11(16-17-12)3-4-14-9(2)15-7-21-14/h3-7H,1-2H3,(H,16,17). The summed E-state index contributed by atoms with van der Waals surface area (Å²) in [4.78, 5) is 15.9. The van der Waals surface area contributed by atoms with Gasteiger partial charge in [0.25, 0.3) is 5.69 Å². The highest BCUT2D eigenvalue weighted by Gasteiger charge is 2.14. The van der Waals surface area contributed by atoms with Gasteiger partial charge in [-0.3, -0.25) is 15.2 Å². The Bertz CT molecular complexity index is 863. The molecule has 0 bridgehead atoms. The summed E-state index contributed by atoms with van der Waals surface area (Å²) >= 11 is 1.54. The first kappa shape index (κ1) is 13.4. The lowest BCUT2D eigenvalue weighted by atomic mass is 10.1. The second-order valence-corrected chi connectivity index (χ2v) is 5.57. The van der Waals surface area contributed by atoms with Gasteiger partial charge in [0.05, 0.1) is 27.3 Å². The highest BCUT2D eigenvalue weighted by Crippen LogP contribution is 2.27. The number of nitro benzene ring substituents is 1. The summed E-state index contributed by atoms with van der Waals surface area (Å²) in [5.74, 6) is 0. The van der Waals surface area contributed by atoms with Crippen molar-refractivity contribution in [3.8, 4) is 0 Å². The predicted molar refractivity (Wildman–Crippen MR) is 83.3 cm³/mol. The van der Waals surface area contributed by atoms with Gasteiger partial charge < -0.3 is 0 Å². The molecule has 0 saturated carbocycles. The van der Waals surface area contributed by atoms with Crippen molar-refractivity contribution in [3.05, 3.63) is 49.6 Å². The van der Waals surface area contributed by atoms with Gasteiger partial charge in [-0.15, -0.1) is 11.3 Å². The second-order valence-electron chi connectivity index (χ2n) is 4.69. The molecular formula is C14H12N4O2S. The van der Waals surface area contributed by atoms with Crippen LogP contribution in [0.25, 0.3) is 23.1 Å². The van der Waals surface area contributed by atoms with E-state index < -0.39 is 0 Å². The third-order valence-electron chi connectivity index (χ3n) is 3.28. The lowest BCUT2D eigenvalue weighted by Gasteiger charge is -1.97. The number of rotatable bonds is 3. The van der Waals surface area contributed by atoms with Crippen LogP contribution in [0.5, 0.6) is 0 Å². The minimum absolute atomic E-state index is 0.104. The van der Waals surface area contributed by atoms with Crippen LogP contribution in [-0.4, -0.2) is 20.1 Å². The number of nitrogens with zero attached hydrogens (tertiary/aromatic N) is 3. The van der Waals surface area contributed by atoms with E-state index in [0.717, 1.165) is 21.5 Å². The first-order valence-electron chi connectivity index (χ1n) is 6.27. The zero-order valence-corrected chi connectivity index (χ0v) is 12.3. The molecule has 0 amide bonds. The second kappa shape index (κ2) is 5.10. The fraction of sp³-hybridized carbons (Fsp3) is 0.143. The topological polar surface area (TPSA) is 84.7 Å². The van der Waals surface area contributed by atoms with Gasteiger partial charge in [0.2, 0.25) is 0 Å². The number of nitrogens with one attached hydrogen (secondary N) is 1. The number of nitro groups is 1. The molecule has 7 heteroatoms. The molecule has 1 N–H and O–H groups in total. The fourth-order valence-corrected chi connectivity index (χ4v) is 2.83. The Morgan fingerprint density at radius 2 is 2.14 bits per heavy atom. The number of fused-ring (bicyclic) bond motifs is 1. The van der Waals surface area contributed by atoms with Crippen molar-refractivity contribution in [3.63, 3.8) is 0 Å². The average Bonchev–Trinajstić information content (AvgIpc) is 3.01. The van der Waals surface area contributed by atoms with E-state index in [9.17, 15) is 10.1 Å². The van der Waals surface area contributed by atoms with Gasteiger partial charge in [0.15, 0.2) is 0 Å². The largest absolute Gasteiger partial charge is 0.277 e. The van der Waals surface area contributed by atoms with Crippen molar-refractivity contribution in [1.29, 1.82) is 0 Å². The van der Waals surface area contributed by atoms with Crippen molar-refractivity contribution in [2.24, 2.45) is 0 Å². The van der Waals surface area contributed by atoms with Gasteiger partial charge in [-0.2, -0.15) is 5.10 Å². The third kappa shape index (κ3) is 2.43. The normalized spacial score (nSPS) is 11.5. The van der Waals surface area contributed by atoms with Crippen LogP contribution in [-0.2, 0) is 0 Å². The first-order chi connectivity index (χ1) is 10.1.